The van der Waals surface area contributed by atoms with E-state index in [-0.39, 0.29) is 11.7 Å². The molecule has 0 fully saturated rings. The molecule has 0 spiro atoms. The van der Waals surface area contributed by atoms with Gasteiger partial charge in [-0.1, -0.05) is 11.6 Å². The van der Waals surface area contributed by atoms with Crippen molar-refractivity contribution in [3.8, 4) is 0 Å². The third-order valence-corrected chi connectivity index (χ3v) is 4.85. The van der Waals surface area contributed by atoms with Gasteiger partial charge in [0.1, 0.15) is 11.6 Å². The van der Waals surface area contributed by atoms with Gasteiger partial charge >= 0.3 is 6.03 Å². The van der Waals surface area contributed by atoms with Crippen LogP contribution in [-0.4, -0.2) is 11.8 Å². The number of rotatable bonds is 2. The second-order valence-electron chi connectivity index (χ2n) is 5.09. The van der Waals surface area contributed by atoms with Gasteiger partial charge in [0.2, 0.25) is 0 Å². The molecule has 0 bridgehead atoms. The lowest BCUT2D eigenvalue weighted by molar-refractivity contribution is 0.248. The van der Waals surface area contributed by atoms with Crippen molar-refractivity contribution >= 4 is 35.1 Å². The summed E-state index contributed by atoms with van der Waals surface area (Å²) in [6, 6.07) is 7.81. The Morgan fingerprint density at radius 1 is 1.22 bits per heavy atom. The average molecular weight is 355 g/mol. The Morgan fingerprint density at radius 3 is 2.83 bits per heavy atom. The molecule has 3 rings (SSSR count). The largest absolute Gasteiger partial charge is 0.331 e. The maximum atomic E-state index is 13.6. The molecule has 2 amide bonds. The number of thioether (sulfide) groups is 1. The van der Waals surface area contributed by atoms with Gasteiger partial charge in [0.25, 0.3) is 0 Å². The summed E-state index contributed by atoms with van der Waals surface area (Å²) < 4.78 is 26.5. The lowest BCUT2D eigenvalue weighted by Crippen LogP contribution is -2.34. The summed E-state index contributed by atoms with van der Waals surface area (Å²) in [6.07, 6.45) is 0.747. The summed E-state index contributed by atoms with van der Waals surface area (Å²) in [5, 5.41) is 5.81. The molecular weight excluding hydrogens is 342 g/mol. The SMILES string of the molecule is O=C(Nc1ccc(F)cc1F)N[C@H]1CCSc2ccc(Cl)cc21. The minimum atomic E-state index is -0.817. The zero-order valence-electron chi connectivity index (χ0n) is 11.9. The highest BCUT2D eigenvalue weighted by atomic mass is 35.5. The molecule has 0 aliphatic carbocycles. The minimum absolute atomic E-state index is 0.0691. The molecule has 1 aliphatic rings. The van der Waals surface area contributed by atoms with Crippen molar-refractivity contribution in [2.24, 2.45) is 0 Å². The van der Waals surface area contributed by atoms with Crippen LogP contribution in [0.4, 0.5) is 19.3 Å². The molecule has 23 heavy (non-hydrogen) atoms. The Balaban J connectivity index is 1.73. The standard InChI is InChI=1S/C16H13ClF2N2OS/c17-9-1-4-15-11(7-9)13(5-6-23-15)20-16(22)21-14-3-2-10(18)8-12(14)19/h1-4,7-8,13H,5-6H2,(H2,20,21,22)/t13-/m0/s1. The van der Waals surface area contributed by atoms with Crippen molar-refractivity contribution in [2.45, 2.75) is 17.4 Å². The van der Waals surface area contributed by atoms with Gasteiger partial charge in [-0.25, -0.2) is 13.6 Å². The fraction of sp³-hybridized carbons (Fsp3) is 0.188. The molecule has 2 N–H and O–H groups in total. The molecule has 2 aromatic rings. The molecule has 0 aromatic heterocycles. The van der Waals surface area contributed by atoms with E-state index in [0.29, 0.717) is 5.02 Å². The van der Waals surface area contributed by atoms with Crippen LogP contribution in [0, 0.1) is 11.6 Å². The molecule has 1 heterocycles. The Bertz CT molecular complexity index is 757. The summed E-state index contributed by atoms with van der Waals surface area (Å²) in [7, 11) is 0. The number of amides is 2. The van der Waals surface area contributed by atoms with Crippen LogP contribution < -0.4 is 10.6 Å². The summed E-state index contributed by atoms with van der Waals surface area (Å²) in [5.74, 6) is -0.645. The Kier molecular flexibility index (Phi) is 4.73. The smallest absolute Gasteiger partial charge is 0.319 e. The zero-order valence-corrected chi connectivity index (χ0v) is 13.5. The number of carbonyl (C=O) groups excluding carboxylic acids is 1. The van der Waals surface area contributed by atoms with Crippen LogP contribution in [0.5, 0.6) is 0 Å². The number of halogens is 3. The van der Waals surface area contributed by atoms with E-state index in [0.717, 1.165) is 34.8 Å². The van der Waals surface area contributed by atoms with Gasteiger partial charge in [-0.3, -0.25) is 0 Å². The molecule has 0 saturated carbocycles. The molecule has 3 nitrogen and oxygen atoms in total. The number of hydrogen-bond donors (Lipinski definition) is 2. The Hall–Kier alpha value is -1.79. The van der Waals surface area contributed by atoms with Crippen LogP contribution in [0.15, 0.2) is 41.3 Å². The number of fused-ring (bicyclic) bond motifs is 1. The number of carbonyl (C=O) groups is 1. The number of urea groups is 1. The molecule has 1 aliphatic heterocycles. The first-order valence-corrected chi connectivity index (χ1v) is 8.34. The van der Waals surface area contributed by atoms with Crippen molar-refractivity contribution in [3.05, 3.63) is 58.6 Å². The van der Waals surface area contributed by atoms with Crippen molar-refractivity contribution in [3.63, 3.8) is 0 Å². The molecule has 120 valence electrons. The highest BCUT2D eigenvalue weighted by Gasteiger charge is 2.23. The van der Waals surface area contributed by atoms with Crippen LogP contribution in [0.2, 0.25) is 5.02 Å². The van der Waals surface area contributed by atoms with E-state index in [4.69, 9.17) is 11.6 Å². The highest BCUT2D eigenvalue weighted by molar-refractivity contribution is 7.99. The maximum absolute atomic E-state index is 13.6. The third-order valence-electron chi connectivity index (χ3n) is 3.50. The van der Waals surface area contributed by atoms with E-state index in [9.17, 15) is 13.6 Å². The first-order valence-electron chi connectivity index (χ1n) is 6.98. The summed E-state index contributed by atoms with van der Waals surface area (Å²) in [5.41, 5.74) is 0.879. The normalized spacial score (nSPS) is 16.6. The molecule has 2 aromatic carbocycles. The number of hydrogen-bond acceptors (Lipinski definition) is 2. The first-order chi connectivity index (χ1) is 11.0. The van der Waals surface area contributed by atoms with E-state index >= 15 is 0 Å². The highest BCUT2D eigenvalue weighted by Crippen LogP contribution is 2.37. The van der Waals surface area contributed by atoms with Crippen LogP contribution in [0.25, 0.3) is 0 Å². The zero-order chi connectivity index (χ0) is 16.4. The van der Waals surface area contributed by atoms with Gasteiger partial charge in [-0.15, -0.1) is 11.8 Å². The third kappa shape index (κ3) is 3.76. The number of anilines is 1. The predicted molar refractivity (Wildman–Crippen MR) is 88.0 cm³/mol. The molecule has 0 unspecified atom stereocenters. The van der Waals surface area contributed by atoms with Crippen molar-refractivity contribution < 1.29 is 13.6 Å². The lowest BCUT2D eigenvalue weighted by atomic mass is 10.0. The second kappa shape index (κ2) is 6.76. The van der Waals surface area contributed by atoms with Gasteiger partial charge in [-0.05, 0) is 42.3 Å². The predicted octanol–water partition coefficient (Wildman–Crippen LogP) is 4.98. The molecule has 7 heteroatoms. The lowest BCUT2D eigenvalue weighted by Gasteiger charge is -2.26. The molecule has 0 radical (unpaired) electrons. The van der Waals surface area contributed by atoms with Crippen molar-refractivity contribution in [2.75, 3.05) is 11.1 Å². The minimum Gasteiger partial charge on any atom is -0.331 e. The maximum Gasteiger partial charge on any atom is 0.319 e. The molecule has 1 atom stereocenters. The van der Waals surface area contributed by atoms with E-state index in [2.05, 4.69) is 10.6 Å². The quantitative estimate of drug-likeness (QED) is 0.798. The molecule has 0 saturated heterocycles. The van der Waals surface area contributed by atoms with Crippen LogP contribution in [-0.2, 0) is 0 Å². The van der Waals surface area contributed by atoms with Crippen LogP contribution in [0.1, 0.15) is 18.0 Å². The monoisotopic (exact) mass is 354 g/mol. The van der Waals surface area contributed by atoms with E-state index in [1.807, 2.05) is 18.2 Å². The van der Waals surface area contributed by atoms with Crippen LogP contribution in [0.3, 0.4) is 0 Å². The van der Waals surface area contributed by atoms with Crippen molar-refractivity contribution in [1.29, 1.82) is 0 Å². The van der Waals surface area contributed by atoms with Crippen LogP contribution >= 0.6 is 23.4 Å². The first kappa shape index (κ1) is 16.1. The Labute approximate surface area is 141 Å². The number of nitrogens with one attached hydrogen (secondary N) is 2. The summed E-state index contributed by atoms with van der Waals surface area (Å²) >= 11 is 7.73. The fourth-order valence-corrected chi connectivity index (χ4v) is 3.71. The van der Waals surface area contributed by atoms with Gasteiger partial charge in [0, 0.05) is 21.7 Å². The van der Waals surface area contributed by atoms with Gasteiger partial charge < -0.3 is 10.6 Å². The Morgan fingerprint density at radius 2 is 2.04 bits per heavy atom. The van der Waals surface area contributed by atoms with E-state index in [1.54, 1.807) is 11.8 Å². The van der Waals surface area contributed by atoms with Gasteiger partial charge in [-0.2, -0.15) is 0 Å². The fourth-order valence-electron chi connectivity index (χ4n) is 2.42. The van der Waals surface area contributed by atoms with Gasteiger partial charge in [0.15, 0.2) is 0 Å². The average Bonchev–Trinajstić information content (AvgIpc) is 2.51. The summed E-state index contributed by atoms with van der Waals surface area (Å²) in [4.78, 5) is 13.2. The summed E-state index contributed by atoms with van der Waals surface area (Å²) in [6.45, 7) is 0. The molecular formula is C16H13ClF2N2OS. The van der Waals surface area contributed by atoms with Crippen molar-refractivity contribution in [1.82, 2.24) is 5.32 Å². The number of benzene rings is 2. The van der Waals surface area contributed by atoms with E-state index < -0.39 is 17.7 Å². The second-order valence-corrected chi connectivity index (χ2v) is 6.67. The van der Waals surface area contributed by atoms with Gasteiger partial charge in [0.05, 0.1) is 11.7 Å². The van der Waals surface area contributed by atoms with E-state index in [1.165, 1.54) is 6.07 Å². The topological polar surface area (TPSA) is 41.1 Å².